The van der Waals surface area contributed by atoms with Crippen LogP contribution in [-0.4, -0.2) is 41.8 Å². The second-order valence-corrected chi connectivity index (χ2v) is 6.24. The van der Waals surface area contributed by atoms with E-state index in [0.29, 0.717) is 22.6 Å². The molecule has 0 aliphatic heterocycles. The number of phenolic OH excluding ortho intramolecular Hbond substituents is 2. The van der Waals surface area contributed by atoms with E-state index in [-0.39, 0.29) is 28.6 Å². The first-order chi connectivity index (χ1) is 14.9. The summed E-state index contributed by atoms with van der Waals surface area (Å²) in [6, 6.07) is 14.1. The molecular weight excluding hydrogens is 402 g/mol. The van der Waals surface area contributed by atoms with Crippen LogP contribution in [-0.2, 0) is 0 Å². The minimum Gasteiger partial charge on any atom is -0.504 e. The highest BCUT2D eigenvalue weighted by Crippen LogP contribution is 2.34. The molecule has 158 valence electrons. The quantitative estimate of drug-likeness (QED) is 0.328. The van der Waals surface area contributed by atoms with E-state index in [1.54, 1.807) is 42.5 Å². The van der Waals surface area contributed by atoms with Crippen LogP contribution in [0.1, 0.15) is 11.1 Å². The van der Waals surface area contributed by atoms with Crippen LogP contribution in [0.15, 0.2) is 64.6 Å². The molecule has 3 aromatic carbocycles. The Morgan fingerprint density at radius 2 is 1.42 bits per heavy atom. The zero-order valence-electron chi connectivity index (χ0n) is 16.7. The van der Waals surface area contributed by atoms with Crippen LogP contribution in [0.5, 0.6) is 23.0 Å². The molecule has 0 unspecified atom stereocenters. The predicted molar refractivity (Wildman–Crippen MR) is 117 cm³/mol. The maximum atomic E-state index is 11.5. The number of aromatic hydroxyl groups is 2. The lowest BCUT2D eigenvalue weighted by molar-refractivity contribution is -0.384. The topological polar surface area (TPSA) is 127 Å². The maximum absolute atomic E-state index is 11.5. The van der Waals surface area contributed by atoms with Crippen LogP contribution in [0.25, 0.3) is 0 Å². The molecule has 0 aliphatic carbocycles. The van der Waals surface area contributed by atoms with Crippen molar-refractivity contribution in [2.45, 2.75) is 0 Å². The lowest BCUT2D eigenvalue weighted by Crippen LogP contribution is -1.91. The van der Waals surface area contributed by atoms with Gasteiger partial charge in [-0.2, -0.15) is 0 Å². The van der Waals surface area contributed by atoms with Gasteiger partial charge >= 0.3 is 0 Å². The fraction of sp³-hybridized carbons (Fsp3) is 0.0909. The van der Waals surface area contributed by atoms with Crippen molar-refractivity contribution < 1.29 is 24.6 Å². The predicted octanol–water partition coefficient (Wildman–Crippen LogP) is 4.52. The van der Waals surface area contributed by atoms with Crippen molar-refractivity contribution in [3.05, 3.63) is 75.8 Å². The second-order valence-electron chi connectivity index (χ2n) is 6.24. The molecule has 3 rings (SSSR count). The van der Waals surface area contributed by atoms with Gasteiger partial charge in [-0.15, -0.1) is 0 Å². The van der Waals surface area contributed by atoms with Gasteiger partial charge < -0.3 is 19.7 Å². The van der Waals surface area contributed by atoms with Gasteiger partial charge in [0.25, 0.3) is 5.69 Å². The molecule has 3 aromatic rings. The number of rotatable bonds is 7. The van der Waals surface area contributed by atoms with Gasteiger partial charge in [0, 0.05) is 29.6 Å². The summed E-state index contributed by atoms with van der Waals surface area (Å²) in [5, 5.41) is 31.8. The first kappa shape index (κ1) is 21.3. The molecule has 2 N–H and O–H groups in total. The summed E-state index contributed by atoms with van der Waals surface area (Å²) >= 11 is 0. The summed E-state index contributed by atoms with van der Waals surface area (Å²) in [5.41, 5.74) is 0.887. The first-order valence-electron chi connectivity index (χ1n) is 9.03. The van der Waals surface area contributed by atoms with Crippen molar-refractivity contribution >= 4 is 29.5 Å². The van der Waals surface area contributed by atoms with E-state index in [0.717, 1.165) is 0 Å². The van der Waals surface area contributed by atoms with E-state index in [4.69, 9.17) is 9.47 Å². The van der Waals surface area contributed by atoms with Gasteiger partial charge in [0.1, 0.15) is 5.69 Å². The highest BCUT2D eigenvalue weighted by molar-refractivity contribution is 5.89. The Labute approximate surface area is 177 Å². The molecule has 0 aliphatic rings. The van der Waals surface area contributed by atoms with Gasteiger partial charge in [0.05, 0.1) is 24.8 Å². The van der Waals surface area contributed by atoms with Crippen molar-refractivity contribution in [1.29, 1.82) is 0 Å². The summed E-state index contributed by atoms with van der Waals surface area (Å²) in [5.74, 6) is 0.364. The molecule has 0 spiro atoms. The van der Waals surface area contributed by atoms with E-state index in [1.807, 2.05) is 0 Å². The molecule has 0 saturated carbocycles. The Bertz CT molecular complexity index is 1170. The SMILES string of the molecule is COc1cccc(C=Nc2ccc(N=Cc3cccc(OC)c3O)c([N+](=O)[O-])c2)c1O. The third kappa shape index (κ3) is 4.78. The number of phenols is 2. The van der Waals surface area contributed by atoms with Gasteiger partial charge in [0.15, 0.2) is 23.0 Å². The molecule has 0 atom stereocenters. The number of methoxy groups -OCH3 is 2. The van der Waals surface area contributed by atoms with Crippen molar-refractivity contribution in [2.75, 3.05) is 14.2 Å². The van der Waals surface area contributed by atoms with E-state index in [2.05, 4.69) is 9.98 Å². The molecule has 0 radical (unpaired) electrons. The van der Waals surface area contributed by atoms with Crippen LogP contribution in [0.4, 0.5) is 17.1 Å². The number of aliphatic imine (C=N–C) groups is 2. The zero-order chi connectivity index (χ0) is 22.4. The van der Waals surface area contributed by atoms with Gasteiger partial charge in [-0.25, -0.2) is 4.99 Å². The molecule has 31 heavy (non-hydrogen) atoms. The number of hydrogen-bond acceptors (Lipinski definition) is 8. The number of ether oxygens (including phenoxy) is 2. The minimum atomic E-state index is -0.569. The molecule has 9 nitrogen and oxygen atoms in total. The molecule has 0 heterocycles. The lowest BCUT2D eigenvalue weighted by atomic mass is 10.2. The maximum Gasteiger partial charge on any atom is 0.296 e. The average Bonchev–Trinajstić information content (AvgIpc) is 2.78. The van der Waals surface area contributed by atoms with Crippen LogP contribution in [0, 0.1) is 10.1 Å². The molecule has 0 saturated heterocycles. The Morgan fingerprint density at radius 1 is 0.871 bits per heavy atom. The van der Waals surface area contributed by atoms with Crippen LogP contribution >= 0.6 is 0 Å². The largest absolute Gasteiger partial charge is 0.504 e. The van der Waals surface area contributed by atoms with Gasteiger partial charge in [-0.1, -0.05) is 12.1 Å². The Balaban J connectivity index is 1.91. The van der Waals surface area contributed by atoms with Crippen LogP contribution < -0.4 is 9.47 Å². The highest BCUT2D eigenvalue weighted by Gasteiger charge is 2.14. The van der Waals surface area contributed by atoms with Gasteiger partial charge in [-0.05, 0) is 36.4 Å². The number of nitro benzene ring substituents is 1. The summed E-state index contributed by atoms with van der Waals surface area (Å²) in [6.45, 7) is 0. The normalized spacial score (nSPS) is 11.2. The highest BCUT2D eigenvalue weighted by atomic mass is 16.6. The number of benzene rings is 3. The standard InChI is InChI=1S/C22H19N3O6/c1-30-19-7-3-5-14(21(19)26)12-23-16-9-10-17(18(11-16)25(28)29)24-13-15-6-4-8-20(31-2)22(15)27/h3-13,26-27H,1-2H3. The fourth-order valence-corrected chi connectivity index (χ4v) is 2.75. The fourth-order valence-electron chi connectivity index (χ4n) is 2.75. The Kier molecular flexibility index (Phi) is 6.46. The average molecular weight is 421 g/mol. The van der Waals surface area contributed by atoms with Gasteiger partial charge in [0.2, 0.25) is 0 Å². The third-order valence-electron chi connectivity index (χ3n) is 4.35. The third-order valence-corrected chi connectivity index (χ3v) is 4.35. The summed E-state index contributed by atoms with van der Waals surface area (Å²) in [4.78, 5) is 19.3. The number of nitrogens with zero attached hydrogens (tertiary/aromatic N) is 3. The van der Waals surface area contributed by atoms with Crippen molar-refractivity contribution in [3.63, 3.8) is 0 Å². The molecule has 0 fully saturated rings. The van der Waals surface area contributed by atoms with E-state index < -0.39 is 4.92 Å². The lowest BCUT2D eigenvalue weighted by Gasteiger charge is -2.05. The smallest absolute Gasteiger partial charge is 0.296 e. The number of nitro groups is 1. The molecule has 0 bridgehead atoms. The first-order valence-corrected chi connectivity index (χ1v) is 9.03. The van der Waals surface area contributed by atoms with Crippen molar-refractivity contribution in [1.82, 2.24) is 0 Å². The molecule has 0 aromatic heterocycles. The summed E-state index contributed by atoms with van der Waals surface area (Å²) in [6.07, 6.45) is 2.70. The zero-order valence-corrected chi connectivity index (χ0v) is 16.7. The van der Waals surface area contributed by atoms with Crippen LogP contribution in [0.3, 0.4) is 0 Å². The Hall–Kier alpha value is -4.40. The minimum absolute atomic E-state index is 0.0810. The van der Waals surface area contributed by atoms with E-state index in [9.17, 15) is 20.3 Å². The van der Waals surface area contributed by atoms with E-state index >= 15 is 0 Å². The van der Waals surface area contributed by atoms with Crippen molar-refractivity contribution in [2.24, 2.45) is 9.98 Å². The second kappa shape index (κ2) is 9.40. The summed E-state index contributed by atoms with van der Waals surface area (Å²) < 4.78 is 10.1. The van der Waals surface area contributed by atoms with E-state index in [1.165, 1.54) is 38.8 Å². The summed E-state index contributed by atoms with van der Waals surface area (Å²) in [7, 11) is 2.86. The monoisotopic (exact) mass is 421 g/mol. The molecular formula is C22H19N3O6. The van der Waals surface area contributed by atoms with Crippen LogP contribution in [0.2, 0.25) is 0 Å². The van der Waals surface area contributed by atoms with Gasteiger partial charge in [-0.3, -0.25) is 15.1 Å². The molecule has 9 heteroatoms. The number of hydrogen-bond donors (Lipinski definition) is 2. The number of para-hydroxylation sites is 2. The Morgan fingerprint density at radius 3 is 1.94 bits per heavy atom. The molecule has 0 amide bonds. The van der Waals surface area contributed by atoms with Crippen molar-refractivity contribution in [3.8, 4) is 23.0 Å².